The zero-order valence-electron chi connectivity index (χ0n) is 9.54. The van der Waals surface area contributed by atoms with E-state index < -0.39 is 12.1 Å². The van der Waals surface area contributed by atoms with Crippen molar-refractivity contribution < 1.29 is 22.8 Å². The quantitative estimate of drug-likeness (QED) is 0.724. The summed E-state index contributed by atoms with van der Waals surface area (Å²) in [6, 6.07) is 4.37. The predicted octanol–water partition coefficient (Wildman–Crippen LogP) is 2.34. The number of alkyl halides is 3. The molecule has 0 bridgehead atoms. The molecule has 96 valence electrons. The summed E-state index contributed by atoms with van der Waals surface area (Å²) in [5.41, 5.74) is 1.28. The first-order valence-electron chi connectivity index (χ1n) is 5.33. The molecule has 0 atom stereocenters. The van der Waals surface area contributed by atoms with E-state index in [9.17, 15) is 22.8 Å². The molecule has 0 spiro atoms. The fourth-order valence-electron chi connectivity index (χ4n) is 1.98. The highest BCUT2D eigenvalue weighted by molar-refractivity contribution is 6.00. The van der Waals surface area contributed by atoms with Crippen molar-refractivity contribution in [1.82, 2.24) is 0 Å². The Balaban J connectivity index is 2.35. The monoisotopic (exact) mass is 257 g/mol. The smallest absolute Gasteiger partial charge is 0.304 e. The van der Waals surface area contributed by atoms with Crippen molar-refractivity contribution in [2.24, 2.45) is 0 Å². The van der Waals surface area contributed by atoms with E-state index in [0.29, 0.717) is 22.4 Å². The van der Waals surface area contributed by atoms with Crippen LogP contribution in [0.15, 0.2) is 18.2 Å². The summed E-state index contributed by atoms with van der Waals surface area (Å²) in [5.74, 6) is -2.02. The van der Waals surface area contributed by atoms with Crippen molar-refractivity contribution in [2.75, 3.05) is 11.4 Å². The van der Waals surface area contributed by atoms with Gasteiger partial charge < -0.3 is 4.90 Å². The summed E-state index contributed by atoms with van der Waals surface area (Å²) in [6.07, 6.45) is -4.54. The second-order valence-corrected chi connectivity index (χ2v) is 4.10. The molecule has 6 heteroatoms. The molecule has 2 rings (SSSR count). The van der Waals surface area contributed by atoms with Crippen molar-refractivity contribution in [2.45, 2.75) is 19.5 Å². The number of Topliss-reactive ketones (excluding diaryl/α,β-unsaturated/α-hetero) is 1. The van der Waals surface area contributed by atoms with Gasteiger partial charge in [-0.1, -0.05) is 0 Å². The molecule has 1 amide bonds. The van der Waals surface area contributed by atoms with Crippen LogP contribution in [0.25, 0.3) is 0 Å². The van der Waals surface area contributed by atoms with Gasteiger partial charge in [-0.2, -0.15) is 13.2 Å². The van der Waals surface area contributed by atoms with E-state index in [1.165, 1.54) is 19.1 Å². The fourth-order valence-corrected chi connectivity index (χ4v) is 1.98. The highest BCUT2D eigenvalue weighted by Gasteiger charge is 2.44. The summed E-state index contributed by atoms with van der Waals surface area (Å²) >= 11 is 0. The first kappa shape index (κ1) is 12.6. The molecule has 3 nitrogen and oxygen atoms in total. The number of rotatable bonds is 1. The average molecular weight is 257 g/mol. The minimum absolute atomic E-state index is 0.00493. The molecular weight excluding hydrogens is 247 g/mol. The SMILES string of the molecule is CC(=O)c1ccc2c(c1)CCN2C(=O)C(F)(F)F. The maximum absolute atomic E-state index is 12.4. The maximum atomic E-state index is 12.4. The zero-order chi connectivity index (χ0) is 13.5. The number of halogens is 3. The highest BCUT2D eigenvalue weighted by atomic mass is 19.4. The summed E-state index contributed by atoms with van der Waals surface area (Å²) in [4.78, 5) is 23.0. The number of hydrogen-bond donors (Lipinski definition) is 0. The minimum atomic E-state index is -4.87. The summed E-state index contributed by atoms with van der Waals surface area (Å²) in [6.45, 7) is 1.38. The lowest BCUT2D eigenvalue weighted by atomic mass is 10.1. The maximum Gasteiger partial charge on any atom is 0.471 e. The van der Waals surface area contributed by atoms with Crippen LogP contribution in [0.1, 0.15) is 22.8 Å². The number of benzene rings is 1. The van der Waals surface area contributed by atoms with Crippen LogP contribution in [0.3, 0.4) is 0 Å². The van der Waals surface area contributed by atoms with E-state index in [4.69, 9.17) is 0 Å². The third-order valence-corrected chi connectivity index (χ3v) is 2.87. The van der Waals surface area contributed by atoms with Gasteiger partial charge in [-0.15, -0.1) is 0 Å². The van der Waals surface area contributed by atoms with Crippen LogP contribution in [0.2, 0.25) is 0 Å². The molecule has 0 saturated heterocycles. The summed E-state index contributed by atoms with van der Waals surface area (Å²) < 4.78 is 37.1. The number of carbonyl (C=O) groups excluding carboxylic acids is 2. The van der Waals surface area contributed by atoms with Crippen LogP contribution in [0, 0.1) is 0 Å². The van der Waals surface area contributed by atoms with Crippen LogP contribution in [-0.4, -0.2) is 24.4 Å². The van der Waals surface area contributed by atoms with E-state index in [1.54, 1.807) is 6.07 Å². The highest BCUT2D eigenvalue weighted by Crippen LogP contribution is 2.32. The van der Waals surface area contributed by atoms with E-state index >= 15 is 0 Å². The van der Waals surface area contributed by atoms with E-state index in [2.05, 4.69) is 0 Å². The molecule has 0 radical (unpaired) electrons. The van der Waals surface area contributed by atoms with Gasteiger partial charge in [-0.05, 0) is 37.1 Å². The van der Waals surface area contributed by atoms with Crippen molar-refractivity contribution in [3.63, 3.8) is 0 Å². The second-order valence-electron chi connectivity index (χ2n) is 4.10. The number of nitrogens with zero attached hydrogens (tertiary/aromatic N) is 1. The largest absolute Gasteiger partial charge is 0.471 e. The predicted molar refractivity (Wildman–Crippen MR) is 58.6 cm³/mol. The van der Waals surface area contributed by atoms with Gasteiger partial charge in [0.25, 0.3) is 0 Å². The van der Waals surface area contributed by atoms with Crippen LogP contribution in [-0.2, 0) is 11.2 Å². The minimum Gasteiger partial charge on any atom is -0.304 e. The van der Waals surface area contributed by atoms with Crippen LogP contribution in [0.4, 0.5) is 18.9 Å². The Hall–Kier alpha value is -1.85. The molecule has 18 heavy (non-hydrogen) atoms. The van der Waals surface area contributed by atoms with Gasteiger partial charge in [0.15, 0.2) is 5.78 Å². The van der Waals surface area contributed by atoms with Crippen molar-refractivity contribution in [3.8, 4) is 0 Å². The molecule has 1 heterocycles. The molecular formula is C12H10F3NO2. The number of ketones is 1. The summed E-state index contributed by atoms with van der Waals surface area (Å²) in [5, 5.41) is 0. The van der Waals surface area contributed by atoms with Gasteiger partial charge in [0.1, 0.15) is 0 Å². The first-order chi connectivity index (χ1) is 8.30. The van der Waals surface area contributed by atoms with Crippen molar-refractivity contribution in [3.05, 3.63) is 29.3 Å². The Morgan fingerprint density at radius 1 is 1.28 bits per heavy atom. The van der Waals surface area contributed by atoms with Crippen LogP contribution in [0.5, 0.6) is 0 Å². The lowest BCUT2D eigenvalue weighted by Gasteiger charge is -2.18. The Bertz CT molecular complexity index is 523. The van der Waals surface area contributed by atoms with Gasteiger partial charge in [0.05, 0.1) is 0 Å². The second kappa shape index (κ2) is 4.12. The van der Waals surface area contributed by atoms with Gasteiger partial charge in [0.2, 0.25) is 0 Å². The molecule has 1 aliphatic rings. The fraction of sp³-hybridized carbons (Fsp3) is 0.333. The van der Waals surface area contributed by atoms with E-state index in [0.717, 1.165) is 0 Å². The molecule has 0 saturated carbocycles. The number of anilines is 1. The Labute approximate surface area is 101 Å². The number of carbonyl (C=O) groups is 2. The number of fused-ring (bicyclic) bond motifs is 1. The van der Waals surface area contributed by atoms with Crippen molar-refractivity contribution in [1.29, 1.82) is 0 Å². The third-order valence-electron chi connectivity index (χ3n) is 2.87. The van der Waals surface area contributed by atoms with Crippen LogP contribution >= 0.6 is 0 Å². The molecule has 1 aromatic carbocycles. The van der Waals surface area contributed by atoms with Gasteiger partial charge in [0, 0.05) is 17.8 Å². The van der Waals surface area contributed by atoms with Crippen LogP contribution < -0.4 is 4.90 Å². The van der Waals surface area contributed by atoms with Gasteiger partial charge in [-0.3, -0.25) is 9.59 Å². The molecule has 1 aromatic rings. The molecule has 0 aliphatic carbocycles. The first-order valence-corrected chi connectivity index (χ1v) is 5.33. The third kappa shape index (κ3) is 2.10. The number of amides is 1. The Kier molecular flexibility index (Phi) is 2.88. The topological polar surface area (TPSA) is 37.4 Å². The van der Waals surface area contributed by atoms with E-state index in [-0.39, 0.29) is 18.0 Å². The Morgan fingerprint density at radius 2 is 1.94 bits per heavy atom. The lowest BCUT2D eigenvalue weighted by Crippen LogP contribution is -2.40. The standard InChI is InChI=1S/C12H10F3NO2/c1-7(17)8-2-3-10-9(6-8)4-5-16(10)11(18)12(13,14)15/h2-3,6H,4-5H2,1H3. The summed E-state index contributed by atoms with van der Waals surface area (Å²) in [7, 11) is 0. The normalized spacial score (nSPS) is 14.6. The molecule has 1 aliphatic heterocycles. The van der Waals surface area contributed by atoms with Crippen molar-refractivity contribution >= 4 is 17.4 Å². The molecule has 0 unspecified atom stereocenters. The molecule has 0 aromatic heterocycles. The number of hydrogen-bond acceptors (Lipinski definition) is 2. The molecule has 0 fully saturated rings. The lowest BCUT2D eigenvalue weighted by molar-refractivity contribution is -0.170. The van der Waals surface area contributed by atoms with Gasteiger partial charge >= 0.3 is 12.1 Å². The van der Waals surface area contributed by atoms with Gasteiger partial charge in [-0.25, -0.2) is 0 Å². The Morgan fingerprint density at radius 3 is 2.50 bits per heavy atom. The van der Waals surface area contributed by atoms with E-state index in [1.807, 2.05) is 0 Å². The zero-order valence-corrected chi connectivity index (χ0v) is 9.54. The molecule has 0 N–H and O–H groups in total. The average Bonchev–Trinajstić information content (AvgIpc) is 2.68.